The Hall–Kier alpha value is -5.14. The van der Waals surface area contributed by atoms with E-state index in [0.717, 1.165) is 53.5 Å². The van der Waals surface area contributed by atoms with Crippen molar-refractivity contribution in [1.29, 1.82) is 0 Å². The van der Waals surface area contributed by atoms with Crippen LogP contribution in [0.2, 0.25) is 0 Å². The highest BCUT2D eigenvalue weighted by Crippen LogP contribution is 2.34. The second-order valence-electron chi connectivity index (χ2n) is 12.1. The maximum absolute atomic E-state index is 13.8. The summed E-state index contributed by atoms with van der Waals surface area (Å²) < 4.78 is 5.70. The van der Waals surface area contributed by atoms with Crippen molar-refractivity contribution in [3.63, 3.8) is 0 Å². The molecule has 0 spiro atoms. The van der Waals surface area contributed by atoms with Gasteiger partial charge in [-0.15, -0.1) is 10.2 Å². The van der Waals surface area contributed by atoms with Gasteiger partial charge in [0.1, 0.15) is 11.8 Å². The first-order chi connectivity index (χ1) is 23.3. The zero-order valence-electron chi connectivity index (χ0n) is 27.3. The quantitative estimate of drug-likeness (QED) is 0.125. The Kier molecular flexibility index (Phi) is 11.5. The number of aryl methyl sites for hydroxylation is 1. The minimum absolute atomic E-state index is 0.133. The molecule has 5 rings (SSSR count). The van der Waals surface area contributed by atoms with Gasteiger partial charge in [0.15, 0.2) is 0 Å². The highest BCUT2D eigenvalue weighted by Gasteiger charge is 2.30. The number of H-pyrrole nitrogens is 1. The van der Waals surface area contributed by atoms with Crippen LogP contribution in [-0.4, -0.2) is 71.1 Å². The van der Waals surface area contributed by atoms with Gasteiger partial charge in [0, 0.05) is 47.8 Å². The lowest BCUT2D eigenvalue weighted by Gasteiger charge is -2.28. The Bertz CT molecular complexity index is 1700. The average molecular weight is 654 g/mol. The highest BCUT2D eigenvalue weighted by atomic mass is 16.5. The molecule has 1 unspecified atom stereocenters. The molecule has 8 N–H and O–H groups in total. The van der Waals surface area contributed by atoms with Crippen molar-refractivity contribution in [3.8, 4) is 28.3 Å². The molecule has 13 nitrogen and oxygen atoms in total. The van der Waals surface area contributed by atoms with Crippen LogP contribution >= 0.6 is 0 Å². The molecule has 0 aliphatic heterocycles. The molecule has 13 heteroatoms. The van der Waals surface area contributed by atoms with Crippen LogP contribution in [0.5, 0.6) is 5.75 Å². The van der Waals surface area contributed by atoms with Gasteiger partial charge in [-0.05, 0) is 116 Å². The van der Waals surface area contributed by atoms with E-state index in [1.807, 2.05) is 37.3 Å². The number of nitrogens with one attached hydrogen (secondary N) is 4. The summed E-state index contributed by atoms with van der Waals surface area (Å²) in [6.07, 6.45) is 3.52. The van der Waals surface area contributed by atoms with Gasteiger partial charge in [-0.25, -0.2) is 0 Å². The second kappa shape index (κ2) is 16.1. The van der Waals surface area contributed by atoms with E-state index in [4.69, 9.17) is 16.2 Å². The number of hydrogen-bond donors (Lipinski definition) is 6. The molecule has 3 aromatic carbocycles. The van der Waals surface area contributed by atoms with Crippen molar-refractivity contribution in [2.45, 2.75) is 45.1 Å². The van der Waals surface area contributed by atoms with Crippen LogP contribution in [-0.2, 0) is 16.0 Å². The third-order valence-corrected chi connectivity index (χ3v) is 8.85. The van der Waals surface area contributed by atoms with E-state index in [-0.39, 0.29) is 30.1 Å². The first kappa shape index (κ1) is 34.2. The molecule has 3 amide bonds. The second-order valence-corrected chi connectivity index (χ2v) is 12.1. The standard InChI is InChI=1S/C35H43N9O4/c1-21-17-26(33(45)38-16-15-36)10-13-28(21)29-18-23(5-14-31(29)48-2)19-30(40-34(46)25-6-3-22(20-37)4-7-25)35(47)39-27-11-8-24(9-12-27)32-41-43-44-42-32/h5,8-14,17-18,22,25,30H,3-4,6-7,15-16,19-20,36-37H2,1-2H3,(H,38,45)(H,39,47)(H,40,46)(H,41,42,43,44). The molecular weight excluding hydrogens is 610 g/mol. The molecule has 48 heavy (non-hydrogen) atoms. The molecule has 0 radical (unpaired) electrons. The first-order valence-corrected chi connectivity index (χ1v) is 16.2. The van der Waals surface area contributed by atoms with Crippen molar-refractivity contribution in [2.24, 2.45) is 23.3 Å². The number of ether oxygens (including phenoxy) is 1. The van der Waals surface area contributed by atoms with Gasteiger partial charge < -0.3 is 32.2 Å². The highest BCUT2D eigenvalue weighted by molar-refractivity contribution is 5.98. The van der Waals surface area contributed by atoms with Crippen LogP contribution in [0, 0.1) is 18.8 Å². The lowest BCUT2D eigenvalue weighted by atomic mass is 9.81. The number of rotatable bonds is 13. The fourth-order valence-electron chi connectivity index (χ4n) is 6.10. The van der Waals surface area contributed by atoms with Gasteiger partial charge in [0.2, 0.25) is 17.6 Å². The monoisotopic (exact) mass is 653 g/mol. The van der Waals surface area contributed by atoms with Crippen molar-refractivity contribution < 1.29 is 19.1 Å². The summed E-state index contributed by atoms with van der Waals surface area (Å²) in [5.41, 5.74) is 16.6. The summed E-state index contributed by atoms with van der Waals surface area (Å²) in [6.45, 7) is 3.30. The lowest BCUT2D eigenvalue weighted by molar-refractivity contribution is -0.130. The number of methoxy groups -OCH3 is 1. The summed E-state index contributed by atoms with van der Waals surface area (Å²) in [4.78, 5) is 39.8. The summed E-state index contributed by atoms with van der Waals surface area (Å²) in [5.74, 6) is 0.675. The maximum atomic E-state index is 13.8. The largest absolute Gasteiger partial charge is 0.496 e. The fourth-order valence-corrected chi connectivity index (χ4v) is 6.10. The minimum atomic E-state index is -0.849. The first-order valence-electron chi connectivity index (χ1n) is 16.2. The van der Waals surface area contributed by atoms with Crippen LogP contribution in [0.1, 0.15) is 47.2 Å². The van der Waals surface area contributed by atoms with Gasteiger partial charge in [-0.2, -0.15) is 5.21 Å². The topological polar surface area (TPSA) is 203 Å². The van der Waals surface area contributed by atoms with E-state index in [1.54, 1.807) is 37.4 Å². The van der Waals surface area contributed by atoms with E-state index in [1.165, 1.54) is 0 Å². The van der Waals surface area contributed by atoms with Crippen LogP contribution in [0.15, 0.2) is 60.7 Å². The molecule has 1 aromatic heterocycles. The Balaban J connectivity index is 1.39. The molecule has 4 aromatic rings. The van der Waals surface area contributed by atoms with Crippen LogP contribution in [0.3, 0.4) is 0 Å². The zero-order valence-corrected chi connectivity index (χ0v) is 27.3. The van der Waals surface area contributed by atoms with E-state index in [0.29, 0.717) is 48.4 Å². The molecule has 0 saturated heterocycles. The fraction of sp³-hybridized carbons (Fsp3) is 0.371. The zero-order chi connectivity index (χ0) is 34.0. The normalized spacial score (nSPS) is 16.5. The van der Waals surface area contributed by atoms with E-state index < -0.39 is 6.04 Å². The number of amides is 3. The van der Waals surface area contributed by atoms with Crippen molar-refractivity contribution in [1.82, 2.24) is 31.3 Å². The molecule has 1 aliphatic carbocycles. The predicted molar refractivity (Wildman–Crippen MR) is 183 cm³/mol. The van der Waals surface area contributed by atoms with Gasteiger partial charge in [0.25, 0.3) is 5.91 Å². The smallest absolute Gasteiger partial charge is 0.251 e. The predicted octanol–water partition coefficient (Wildman–Crippen LogP) is 2.97. The van der Waals surface area contributed by atoms with E-state index in [2.05, 4.69) is 36.6 Å². The number of nitrogens with two attached hydrogens (primary N) is 2. The Morgan fingerprint density at radius 2 is 1.75 bits per heavy atom. The lowest BCUT2D eigenvalue weighted by Crippen LogP contribution is -2.48. The summed E-state index contributed by atoms with van der Waals surface area (Å²) in [5, 5.41) is 22.8. The van der Waals surface area contributed by atoms with Crippen LogP contribution in [0.25, 0.3) is 22.5 Å². The van der Waals surface area contributed by atoms with E-state index >= 15 is 0 Å². The summed E-state index contributed by atoms with van der Waals surface area (Å²) >= 11 is 0. The number of benzene rings is 3. The Morgan fingerprint density at radius 3 is 2.40 bits per heavy atom. The number of aromatic amines is 1. The van der Waals surface area contributed by atoms with Crippen molar-refractivity contribution >= 4 is 23.4 Å². The molecule has 1 aliphatic rings. The van der Waals surface area contributed by atoms with Crippen LogP contribution < -0.4 is 32.2 Å². The van der Waals surface area contributed by atoms with Gasteiger partial charge in [-0.1, -0.05) is 12.1 Å². The Labute approximate surface area is 279 Å². The number of hydrogen-bond acceptors (Lipinski definition) is 9. The molecule has 1 saturated carbocycles. The number of nitrogens with zero attached hydrogens (tertiary/aromatic N) is 3. The van der Waals surface area contributed by atoms with Gasteiger partial charge >= 0.3 is 0 Å². The van der Waals surface area contributed by atoms with Crippen LogP contribution in [0.4, 0.5) is 5.69 Å². The average Bonchev–Trinajstić information content (AvgIpc) is 3.66. The summed E-state index contributed by atoms with van der Waals surface area (Å²) in [6, 6.07) is 17.4. The maximum Gasteiger partial charge on any atom is 0.251 e. The summed E-state index contributed by atoms with van der Waals surface area (Å²) in [7, 11) is 1.60. The molecule has 0 bridgehead atoms. The molecule has 1 fully saturated rings. The number of tetrazole rings is 1. The Morgan fingerprint density at radius 1 is 0.979 bits per heavy atom. The van der Waals surface area contributed by atoms with Crippen molar-refractivity contribution in [2.75, 3.05) is 32.1 Å². The van der Waals surface area contributed by atoms with Gasteiger partial charge in [-0.3, -0.25) is 14.4 Å². The molecule has 1 atom stereocenters. The number of carbonyl (C=O) groups excluding carboxylic acids is 3. The molecule has 1 heterocycles. The molecular formula is C35H43N9O4. The minimum Gasteiger partial charge on any atom is -0.496 e. The SMILES string of the molecule is COc1ccc(CC(NC(=O)C2CCC(CN)CC2)C(=O)Nc2ccc(-c3nn[nH]n3)cc2)cc1-c1ccc(C(=O)NCCN)cc1C. The number of anilines is 1. The number of carbonyl (C=O) groups is 3. The van der Waals surface area contributed by atoms with E-state index in [9.17, 15) is 14.4 Å². The number of aromatic nitrogens is 4. The van der Waals surface area contributed by atoms with Crippen molar-refractivity contribution in [3.05, 3.63) is 77.4 Å². The third-order valence-electron chi connectivity index (χ3n) is 8.85. The van der Waals surface area contributed by atoms with Gasteiger partial charge in [0.05, 0.1) is 7.11 Å². The third kappa shape index (κ3) is 8.41. The molecule has 252 valence electrons.